The molecule has 1 N–H and O–H groups in total. The molecule has 0 bridgehead atoms. The van der Waals surface area contributed by atoms with Gasteiger partial charge in [-0.25, -0.2) is 0 Å². The van der Waals surface area contributed by atoms with E-state index in [1.165, 1.54) is 24.7 Å². The summed E-state index contributed by atoms with van der Waals surface area (Å²) in [6, 6.07) is 11.7. The van der Waals surface area contributed by atoms with E-state index in [9.17, 15) is 9.59 Å². The average Bonchev–Trinajstić information content (AvgIpc) is 3.62. The van der Waals surface area contributed by atoms with E-state index in [4.69, 9.17) is 13.9 Å². The van der Waals surface area contributed by atoms with E-state index in [0.29, 0.717) is 17.1 Å². The maximum atomic E-state index is 13.8. The Balaban J connectivity index is 1.80. The average molecular weight is 469 g/mol. The molecule has 1 aromatic carbocycles. The number of carbonyl (C=O) groups is 2. The number of carbonyl (C=O) groups excluding carboxylic acids is 2. The molecule has 3 aromatic rings. The number of nitrogens with zero attached hydrogens (tertiary/aromatic N) is 1. The van der Waals surface area contributed by atoms with Gasteiger partial charge in [-0.1, -0.05) is 31.0 Å². The molecule has 7 nitrogen and oxygen atoms in total. The van der Waals surface area contributed by atoms with E-state index in [1.807, 2.05) is 17.5 Å². The Bertz CT molecular complexity index is 1060. The van der Waals surface area contributed by atoms with Crippen LogP contribution in [0.25, 0.3) is 0 Å². The zero-order valence-electron chi connectivity index (χ0n) is 18.8. The fourth-order valence-corrected chi connectivity index (χ4v) is 5.02. The van der Waals surface area contributed by atoms with Crippen molar-refractivity contribution < 1.29 is 23.5 Å². The van der Waals surface area contributed by atoms with Crippen LogP contribution >= 0.6 is 11.3 Å². The number of para-hydroxylation sites is 1. The van der Waals surface area contributed by atoms with Crippen molar-refractivity contribution in [3.05, 3.63) is 70.3 Å². The van der Waals surface area contributed by atoms with E-state index in [2.05, 4.69) is 5.32 Å². The Morgan fingerprint density at radius 3 is 2.58 bits per heavy atom. The summed E-state index contributed by atoms with van der Waals surface area (Å²) in [7, 11) is 3.08. The van der Waals surface area contributed by atoms with E-state index in [1.54, 1.807) is 42.3 Å². The number of hydrogen-bond donors (Lipinski definition) is 1. The normalized spacial score (nSPS) is 14.6. The summed E-state index contributed by atoms with van der Waals surface area (Å²) in [6.45, 7) is 0.250. The smallest absolute Gasteiger partial charge is 0.290 e. The molecule has 174 valence electrons. The number of nitrogens with one attached hydrogen (secondary N) is 1. The Morgan fingerprint density at radius 1 is 1.12 bits per heavy atom. The minimum absolute atomic E-state index is 0.0962. The summed E-state index contributed by atoms with van der Waals surface area (Å²) in [5.74, 6) is 0.479. The Kier molecular flexibility index (Phi) is 7.34. The third kappa shape index (κ3) is 5.06. The molecule has 1 fully saturated rings. The zero-order valence-corrected chi connectivity index (χ0v) is 19.6. The quantitative estimate of drug-likeness (QED) is 0.488. The van der Waals surface area contributed by atoms with Crippen LogP contribution in [-0.4, -0.2) is 37.0 Å². The van der Waals surface area contributed by atoms with Crippen molar-refractivity contribution in [2.45, 2.75) is 44.3 Å². The van der Waals surface area contributed by atoms with Gasteiger partial charge in [-0.15, -0.1) is 11.3 Å². The molecule has 0 radical (unpaired) electrons. The summed E-state index contributed by atoms with van der Waals surface area (Å²) in [5, 5.41) is 5.12. The molecule has 1 aliphatic carbocycles. The highest BCUT2D eigenvalue weighted by Crippen LogP contribution is 2.39. The second-order valence-electron chi connectivity index (χ2n) is 7.96. The fraction of sp³-hybridized carbons (Fsp3) is 0.360. The first kappa shape index (κ1) is 22.9. The van der Waals surface area contributed by atoms with E-state index < -0.39 is 6.04 Å². The summed E-state index contributed by atoms with van der Waals surface area (Å²) >= 11 is 1.53. The van der Waals surface area contributed by atoms with Gasteiger partial charge >= 0.3 is 0 Å². The lowest BCUT2D eigenvalue weighted by Gasteiger charge is -2.32. The minimum atomic E-state index is -0.935. The maximum Gasteiger partial charge on any atom is 0.290 e. The predicted molar refractivity (Wildman–Crippen MR) is 126 cm³/mol. The SMILES string of the molecule is COc1cccc([C@H](C(=O)NC2CCCC2)N(Cc2cccs2)C(=O)c2ccco2)c1OC. The van der Waals surface area contributed by atoms with Gasteiger partial charge in [-0.05, 0) is 42.5 Å². The number of benzene rings is 1. The molecule has 2 heterocycles. The molecular formula is C25H28N2O5S. The first-order valence-electron chi connectivity index (χ1n) is 11.0. The molecule has 1 atom stereocenters. The van der Waals surface area contributed by atoms with Crippen LogP contribution in [0, 0.1) is 0 Å². The van der Waals surface area contributed by atoms with E-state index >= 15 is 0 Å². The van der Waals surface area contributed by atoms with E-state index in [0.717, 1.165) is 30.6 Å². The minimum Gasteiger partial charge on any atom is -0.493 e. The Labute approximate surface area is 197 Å². The lowest BCUT2D eigenvalue weighted by atomic mass is 10.0. The monoisotopic (exact) mass is 468 g/mol. The van der Waals surface area contributed by atoms with Crippen molar-refractivity contribution in [3.63, 3.8) is 0 Å². The van der Waals surface area contributed by atoms with Crippen LogP contribution in [0.1, 0.15) is 52.7 Å². The molecule has 8 heteroatoms. The molecule has 0 spiro atoms. The largest absolute Gasteiger partial charge is 0.493 e. The molecule has 1 aliphatic rings. The number of ether oxygens (including phenoxy) is 2. The summed E-state index contributed by atoms with van der Waals surface area (Å²) in [5.41, 5.74) is 0.559. The first-order valence-corrected chi connectivity index (χ1v) is 11.9. The third-order valence-electron chi connectivity index (χ3n) is 5.89. The lowest BCUT2D eigenvalue weighted by Crippen LogP contribution is -2.45. The van der Waals surface area contributed by atoms with Crippen LogP contribution < -0.4 is 14.8 Å². The highest BCUT2D eigenvalue weighted by Gasteiger charge is 2.37. The van der Waals surface area contributed by atoms with Gasteiger partial charge in [0.05, 0.1) is 27.0 Å². The topological polar surface area (TPSA) is 81.0 Å². The number of hydrogen-bond acceptors (Lipinski definition) is 6. The molecule has 2 amide bonds. The van der Waals surface area contributed by atoms with Crippen LogP contribution in [0.3, 0.4) is 0 Å². The van der Waals surface area contributed by atoms with Gasteiger partial charge in [0.1, 0.15) is 6.04 Å². The molecule has 0 aliphatic heterocycles. The molecular weight excluding hydrogens is 440 g/mol. The maximum absolute atomic E-state index is 13.8. The van der Waals surface area contributed by atoms with Crippen molar-refractivity contribution in [3.8, 4) is 11.5 Å². The molecule has 4 rings (SSSR count). The molecule has 33 heavy (non-hydrogen) atoms. The van der Waals surface area contributed by atoms with Gasteiger partial charge in [0, 0.05) is 16.5 Å². The predicted octanol–water partition coefficient (Wildman–Crippen LogP) is 4.80. The molecule has 0 saturated heterocycles. The highest BCUT2D eigenvalue weighted by atomic mass is 32.1. The Hall–Kier alpha value is -3.26. The van der Waals surface area contributed by atoms with Gasteiger partial charge < -0.3 is 24.1 Å². The highest BCUT2D eigenvalue weighted by molar-refractivity contribution is 7.09. The third-order valence-corrected chi connectivity index (χ3v) is 6.75. The van der Waals surface area contributed by atoms with Crippen molar-refractivity contribution in [1.29, 1.82) is 0 Å². The first-order chi connectivity index (χ1) is 16.1. The van der Waals surface area contributed by atoms with Gasteiger partial charge in [-0.2, -0.15) is 0 Å². The Morgan fingerprint density at radius 2 is 1.94 bits per heavy atom. The molecule has 1 saturated carbocycles. The number of methoxy groups -OCH3 is 2. The number of furan rings is 1. The van der Waals surface area contributed by atoms with Crippen molar-refractivity contribution in [2.24, 2.45) is 0 Å². The molecule has 0 unspecified atom stereocenters. The number of rotatable bonds is 9. The van der Waals surface area contributed by atoms with Crippen molar-refractivity contribution in [1.82, 2.24) is 10.2 Å². The number of thiophene rings is 1. The van der Waals surface area contributed by atoms with Crippen molar-refractivity contribution >= 4 is 23.2 Å². The fourth-order valence-electron chi connectivity index (χ4n) is 4.32. The van der Waals surface area contributed by atoms with Crippen molar-refractivity contribution in [2.75, 3.05) is 14.2 Å². The second-order valence-corrected chi connectivity index (χ2v) is 9.00. The second kappa shape index (κ2) is 10.6. The van der Waals surface area contributed by atoms with Gasteiger partial charge in [0.25, 0.3) is 5.91 Å². The van der Waals surface area contributed by atoms with Gasteiger partial charge in [0.2, 0.25) is 5.91 Å². The summed E-state index contributed by atoms with van der Waals surface area (Å²) in [4.78, 5) is 29.9. The van der Waals surface area contributed by atoms with Gasteiger partial charge in [-0.3, -0.25) is 9.59 Å². The zero-order chi connectivity index (χ0) is 23.2. The lowest BCUT2D eigenvalue weighted by molar-refractivity contribution is -0.126. The van der Waals surface area contributed by atoms with Gasteiger partial charge in [0.15, 0.2) is 17.3 Å². The molecule has 2 aromatic heterocycles. The van der Waals surface area contributed by atoms with Crippen LogP contribution in [0.5, 0.6) is 11.5 Å². The number of amides is 2. The summed E-state index contributed by atoms with van der Waals surface area (Å²) in [6.07, 6.45) is 5.50. The van der Waals surface area contributed by atoms with Crippen LogP contribution in [-0.2, 0) is 11.3 Å². The van der Waals surface area contributed by atoms with Crippen LogP contribution in [0.2, 0.25) is 0 Å². The standard InChI is InChI=1S/C25H28N2O5S/c1-30-20-12-5-11-19(23(20)31-2)22(24(28)26-17-8-3-4-9-17)27(16-18-10-7-15-33-18)25(29)21-13-6-14-32-21/h5-7,10-15,17,22H,3-4,8-9,16H2,1-2H3,(H,26,28)/t22-/m1/s1. The van der Waals surface area contributed by atoms with Crippen LogP contribution in [0.4, 0.5) is 0 Å². The summed E-state index contributed by atoms with van der Waals surface area (Å²) < 4.78 is 16.6. The van der Waals surface area contributed by atoms with Crippen LogP contribution in [0.15, 0.2) is 58.5 Å². The van der Waals surface area contributed by atoms with E-state index in [-0.39, 0.29) is 30.2 Å².